The third-order valence-electron chi connectivity index (χ3n) is 4.04. The molecule has 0 amide bonds. The zero-order valence-electron chi connectivity index (χ0n) is 12.2. The van der Waals surface area contributed by atoms with E-state index < -0.39 is 10.0 Å². The molecule has 1 N–H and O–H groups in total. The maximum Gasteiger partial charge on any atom is 0.246 e. The monoisotopic (exact) mass is 316 g/mol. The second-order valence-corrected chi connectivity index (χ2v) is 7.25. The number of nitrogens with zero attached hydrogens (tertiary/aromatic N) is 1. The summed E-state index contributed by atoms with van der Waals surface area (Å²) in [4.78, 5) is 0.144. The highest BCUT2D eigenvalue weighted by molar-refractivity contribution is 7.89. The normalized spacial score (nSPS) is 30.1. The molecule has 1 aromatic heterocycles. The smallest absolute Gasteiger partial charge is 0.246 e. The highest BCUT2D eigenvalue weighted by Gasteiger charge is 2.36. The highest BCUT2D eigenvalue weighted by Crippen LogP contribution is 2.28. The van der Waals surface area contributed by atoms with Gasteiger partial charge in [-0.05, 0) is 33.1 Å². The molecule has 1 aromatic rings. The molecule has 0 bridgehead atoms. The Morgan fingerprint density at radius 1 is 1.14 bits per heavy atom. The Bertz CT molecular complexity index is 593. The van der Waals surface area contributed by atoms with E-state index in [1.165, 1.54) is 0 Å². The number of rotatable bonds is 3. The van der Waals surface area contributed by atoms with Crippen molar-refractivity contribution in [2.45, 2.75) is 56.3 Å². The Hall–Kier alpha value is -0.960. The molecular weight excluding hydrogens is 296 g/mol. The summed E-state index contributed by atoms with van der Waals surface area (Å²) >= 11 is 0. The summed E-state index contributed by atoms with van der Waals surface area (Å²) in [5.74, 6) is 0.311. The van der Waals surface area contributed by atoms with Crippen LogP contribution < -0.4 is 4.72 Å². The van der Waals surface area contributed by atoms with Gasteiger partial charge in [0.05, 0.1) is 25.4 Å². The second-order valence-electron chi connectivity index (χ2n) is 5.60. The van der Waals surface area contributed by atoms with E-state index in [9.17, 15) is 8.42 Å². The van der Waals surface area contributed by atoms with Gasteiger partial charge in [-0.25, -0.2) is 13.1 Å². The first-order valence-electron chi connectivity index (χ1n) is 7.16. The van der Waals surface area contributed by atoms with Gasteiger partial charge in [-0.15, -0.1) is 0 Å². The largest absolute Gasteiger partial charge is 0.373 e. The molecule has 0 spiro atoms. The SMILES string of the molecule is Cc1noc(C)c1S(=O)(=O)NC1CCC2OCCOC2C1. The maximum atomic E-state index is 12.5. The molecule has 118 valence electrons. The molecule has 3 atom stereocenters. The van der Waals surface area contributed by atoms with Gasteiger partial charge in [0.25, 0.3) is 0 Å². The van der Waals surface area contributed by atoms with Crippen molar-refractivity contribution in [3.05, 3.63) is 11.5 Å². The summed E-state index contributed by atoms with van der Waals surface area (Å²) < 4.78 is 44.0. The maximum absolute atomic E-state index is 12.5. The van der Waals surface area contributed by atoms with Gasteiger partial charge in [0.1, 0.15) is 10.6 Å². The third-order valence-corrected chi connectivity index (χ3v) is 5.80. The van der Waals surface area contributed by atoms with E-state index in [1.54, 1.807) is 13.8 Å². The van der Waals surface area contributed by atoms with Gasteiger partial charge in [-0.3, -0.25) is 0 Å². The van der Waals surface area contributed by atoms with Crippen LogP contribution in [0.3, 0.4) is 0 Å². The summed E-state index contributed by atoms with van der Waals surface area (Å²) in [6.45, 7) is 4.42. The second kappa shape index (κ2) is 5.68. The standard InChI is InChI=1S/C13H20N2O5S/c1-8-13(9(2)20-14-8)21(16,17)15-10-3-4-11-12(7-10)19-6-5-18-11/h10-12,15H,3-7H2,1-2H3. The van der Waals surface area contributed by atoms with E-state index in [4.69, 9.17) is 14.0 Å². The first kappa shape index (κ1) is 15.0. The minimum atomic E-state index is -3.62. The number of fused-ring (bicyclic) bond motifs is 1. The molecule has 0 aromatic carbocycles. The van der Waals surface area contributed by atoms with Crippen molar-refractivity contribution < 1.29 is 22.4 Å². The van der Waals surface area contributed by atoms with Crippen LogP contribution >= 0.6 is 0 Å². The molecule has 1 aliphatic heterocycles. The molecule has 2 heterocycles. The number of hydrogen-bond donors (Lipinski definition) is 1. The van der Waals surface area contributed by atoms with Crippen LogP contribution in [0, 0.1) is 13.8 Å². The average molecular weight is 316 g/mol. The quantitative estimate of drug-likeness (QED) is 0.891. The van der Waals surface area contributed by atoms with Crippen LogP contribution in [0.5, 0.6) is 0 Å². The molecule has 0 radical (unpaired) electrons. The molecule has 21 heavy (non-hydrogen) atoms. The topological polar surface area (TPSA) is 90.7 Å². The van der Waals surface area contributed by atoms with Crippen LogP contribution in [0.25, 0.3) is 0 Å². The number of aromatic nitrogens is 1. The third kappa shape index (κ3) is 2.98. The molecular formula is C13H20N2O5S. The molecule has 3 rings (SSSR count). The van der Waals surface area contributed by atoms with Gasteiger partial charge >= 0.3 is 0 Å². The van der Waals surface area contributed by atoms with Crippen LogP contribution in [-0.4, -0.2) is 45.0 Å². The Morgan fingerprint density at radius 3 is 2.52 bits per heavy atom. The predicted molar refractivity (Wildman–Crippen MR) is 73.4 cm³/mol. The van der Waals surface area contributed by atoms with E-state index in [0.29, 0.717) is 31.1 Å². The fourth-order valence-corrected chi connectivity index (χ4v) is 4.72. The highest BCUT2D eigenvalue weighted by atomic mass is 32.2. The lowest BCUT2D eigenvalue weighted by Gasteiger charge is -2.38. The number of nitrogens with one attached hydrogen (secondary N) is 1. The summed E-state index contributed by atoms with van der Waals surface area (Å²) in [6.07, 6.45) is 2.25. The van der Waals surface area contributed by atoms with Gasteiger partial charge < -0.3 is 14.0 Å². The van der Waals surface area contributed by atoms with E-state index in [0.717, 1.165) is 12.8 Å². The summed E-state index contributed by atoms with van der Waals surface area (Å²) in [6, 6.07) is -0.147. The number of aryl methyl sites for hydroxylation is 2. The Labute approximate surface area is 124 Å². The fraction of sp³-hybridized carbons (Fsp3) is 0.769. The zero-order valence-corrected chi connectivity index (χ0v) is 13.0. The van der Waals surface area contributed by atoms with Crippen LogP contribution in [0.4, 0.5) is 0 Å². The zero-order chi connectivity index (χ0) is 15.0. The van der Waals surface area contributed by atoms with Crippen molar-refractivity contribution in [1.29, 1.82) is 0 Å². The summed E-state index contributed by atoms with van der Waals surface area (Å²) in [7, 11) is -3.62. The van der Waals surface area contributed by atoms with Crippen molar-refractivity contribution >= 4 is 10.0 Å². The van der Waals surface area contributed by atoms with Gasteiger partial charge in [-0.1, -0.05) is 5.16 Å². The van der Waals surface area contributed by atoms with Gasteiger partial charge in [0.15, 0.2) is 5.76 Å². The number of ether oxygens (including phenoxy) is 2. The van der Waals surface area contributed by atoms with Crippen LogP contribution in [0.1, 0.15) is 30.7 Å². The average Bonchev–Trinajstić information content (AvgIpc) is 2.78. The first-order valence-corrected chi connectivity index (χ1v) is 8.64. The van der Waals surface area contributed by atoms with Gasteiger partial charge in [0, 0.05) is 6.04 Å². The first-order chi connectivity index (χ1) is 9.97. The lowest BCUT2D eigenvalue weighted by molar-refractivity contribution is -0.156. The lowest BCUT2D eigenvalue weighted by atomic mass is 9.90. The Morgan fingerprint density at radius 2 is 1.86 bits per heavy atom. The molecule has 1 aliphatic carbocycles. The van der Waals surface area contributed by atoms with Crippen LogP contribution in [0.2, 0.25) is 0 Å². The lowest BCUT2D eigenvalue weighted by Crippen LogP contribution is -2.49. The van der Waals surface area contributed by atoms with Crippen LogP contribution in [0.15, 0.2) is 9.42 Å². The van der Waals surface area contributed by atoms with Crippen molar-refractivity contribution in [3.63, 3.8) is 0 Å². The van der Waals surface area contributed by atoms with E-state index in [1.807, 2.05) is 0 Å². The molecule has 2 fully saturated rings. The predicted octanol–water partition coefficient (Wildman–Crippen LogP) is 0.906. The summed E-state index contributed by atoms with van der Waals surface area (Å²) in [5, 5.41) is 3.70. The van der Waals surface area contributed by atoms with E-state index in [2.05, 4.69) is 9.88 Å². The van der Waals surface area contributed by atoms with Crippen LogP contribution in [-0.2, 0) is 19.5 Å². The van der Waals surface area contributed by atoms with E-state index in [-0.39, 0.29) is 23.1 Å². The van der Waals surface area contributed by atoms with Crippen molar-refractivity contribution in [3.8, 4) is 0 Å². The van der Waals surface area contributed by atoms with Crippen molar-refractivity contribution in [2.24, 2.45) is 0 Å². The molecule has 8 heteroatoms. The number of sulfonamides is 1. The van der Waals surface area contributed by atoms with Crippen molar-refractivity contribution in [2.75, 3.05) is 13.2 Å². The van der Waals surface area contributed by atoms with Gasteiger partial charge in [0.2, 0.25) is 10.0 Å². The molecule has 3 unspecified atom stereocenters. The molecule has 2 aliphatic rings. The minimum absolute atomic E-state index is 0.0233. The molecule has 7 nitrogen and oxygen atoms in total. The Kier molecular flexibility index (Phi) is 4.04. The molecule has 1 saturated heterocycles. The Balaban J connectivity index is 1.71. The molecule has 1 saturated carbocycles. The summed E-state index contributed by atoms with van der Waals surface area (Å²) in [5.41, 5.74) is 0.380. The minimum Gasteiger partial charge on any atom is -0.373 e. The van der Waals surface area contributed by atoms with Gasteiger partial charge in [-0.2, -0.15) is 0 Å². The number of hydrogen-bond acceptors (Lipinski definition) is 6. The van der Waals surface area contributed by atoms with E-state index >= 15 is 0 Å². The van der Waals surface area contributed by atoms with Crippen molar-refractivity contribution in [1.82, 2.24) is 9.88 Å². The fourth-order valence-electron chi connectivity index (χ4n) is 3.11.